The van der Waals surface area contributed by atoms with Crippen LogP contribution in [0.3, 0.4) is 0 Å². The van der Waals surface area contributed by atoms with Crippen LogP contribution in [0.15, 0.2) is 12.2 Å². The van der Waals surface area contributed by atoms with Gasteiger partial charge in [-0.05, 0) is 25.2 Å². The normalized spacial score (nSPS) is 13.0. The van der Waals surface area contributed by atoms with Gasteiger partial charge in [0.2, 0.25) is 0 Å². The van der Waals surface area contributed by atoms with Gasteiger partial charge in [-0.25, -0.2) is 0 Å². The zero-order valence-electron chi connectivity index (χ0n) is 10.3. The number of allylic oxidation sites excluding steroid dienone is 2. The third-order valence-corrected chi connectivity index (χ3v) is 2.32. The molecule has 0 rings (SSSR count). The Morgan fingerprint density at radius 2 is 2.13 bits per heavy atom. The van der Waals surface area contributed by atoms with Crippen LogP contribution in [0.1, 0.15) is 52.9 Å². The molecule has 88 valence electrons. The molecule has 15 heavy (non-hydrogen) atoms. The Kier molecular flexibility index (Phi) is 9.24. The van der Waals surface area contributed by atoms with Crippen molar-refractivity contribution in [2.45, 2.75) is 52.9 Å². The highest BCUT2D eigenvalue weighted by molar-refractivity contribution is 5.65. The summed E-state index contributed by atoms with van der Waals surface area (Å²) in [4.78, 5) is 10.5. The van der Waals surface area contributed by atoms with Crippen molar-refractivity contribution in [3.8, 4) is 0 Å². The second-order valence-corrected chi connectivity index (χ2v) is 4.03. The van der Waals surface area contributed by atoms with Crippen LogP contribution in [0.2, 0.25) is 0 Å². The van der Waals surface area contributed by atoms with E-state index in [1.165, 1.54) is 32.6 Å². The topological polar surface area (TPSA) is 26.3 Å². The molecule has 0 aliphatic heterocycles. The predicted octanol–water partition coefficient (Wildman–Crippen LogP) is 3.71. The van der Waals surface area contributed by atoms with Crippen molar-refractivity contribution in [1.29, 1.82) is 0 Å². The summed E-state index contributed by atoms with van der Waals surface area (Å²) >= 11 is 0. The molecule has 0 aromatic rings. The zero-order chi connectivity index (χ0) is 11.5. The molecule has 1 atom stereocenters. The fourth-order valence-electron chi connectivity index (χ4n) is 1.33. The SMILES string of the molecule is CCCCCC=CC(C)CCOC(C)=O. The van der Waals surface area contributed by atoms with Crippen molar-refractivity contribution >= 4 is 5.97 Å². The standard InChI is InChI=1S/C13H24O2/c1-4-5-6-7-8-9-12(2)10-11-15-13(3)14/h8-9,12H,4-7,10-11H2,1-3H3. The highest BCUT2D eigenvalue weighted by Gasteiger charge is 1.98. The van der Waals surface area contributed by atoms with Crippen LogP contribution >= 0.6 is 0 Å². The Labute approximate surface area is 93.7 Å². The van der Waals surface area contributed by atoms with E-state index in [0.29, 0.717) is 12.5 Å². The van der Waals surface area contributed by atoms with Crippen molar-refractivity contribution in [2.24, 2.45) is 5.92 Å². The summed E-state index contributed by atoms with van der Waals surface area (Å²) in [6.45, 7) is 6.35. The smallest absolute Gasteiger partial charge is 0.302 e. The Bertz CT molecular complexity index is 185. The maximum absolute atomic E-state index is 10.5. The van der Waals surface area contributed by atoms with E-state index >= 15 is 0 Å². The van der Waals surface area contributed by atoms with Crippen LogP contribution in [-0.4, -0.2) is 12.6 Å². The largest absolute Gasteiger partial charge is 0.466 e. The van der Waals surface area contributed by atoms with E-state index in [4.69, 9.17) is 4.74 Å². The van der Waals surface area contributed by atoms with Gasteiger partial charge in [-0.15, -0.1) is 0 Å². The van der Waals surface area contributed by atoms with Gasteiger partial charge in [0.05, 0.1) is 6.61 Å². The first-order chi connectivity index (χ1) is 7.16. The lowest BCUT2D eigenvalue weighted by atomic mass is 10.1. The highest BCUT2D eigenvalue weighted by Crippen LogP contribution is 2.06. The number of unbranched alkanes of at least 4 members (excludes halogenated alkanes) is 3. The number of carbonyl (C=O) groups is 1. The lowest BCUT2D eigenvalue weighted by Gasteiger charge is -2.05. The van der Waals surface area contributed by atoms with E-state index in [9.17, 15) is 4.79 Å². The molecule has 0 heterocycles. The third kappa shape index (κ3) is 11.1. The lowest BCUT2D eigenvalue weighted by Crippen LogP contribution is -2.03. The van der Waals surface area contributed by atoms with Crippen LogP contribution in [0.5, 0.6) is 0 Å². The van der Waals surface area contributed by atoms with Crippen molar-refractivity contribution in [2.75, 3.05) is 6.61 Å². The minimum atomic E-state index is -0.186. The maximum atomic E-state index is 10.5. The molecule has 0 aromatic heterocycles. The van der Waals surface area contributed by atoms with E-state index < -0.39 is 0 Å². The molecule has 0 aliphatic carbocycles. The van der Waals surface area contributed by atoms with E-state index in [-0.39, 0.29) is 5.97 Å². The summed E-state index contributed by atoms with van der Waals surface area (Å²) in [7, 11) is 0. The Morgan fingerprint density at radius 1 is 1.40 bits per heavy atom. The van der Waals surface area contributed by atoms with Crippen molar-refractivity contribution in [3.05, 3.63) is 12.2 Å². The number of ether oxygens (including phenoxy) is 1. The van der Waals surface area contributed by atoms with Gasteiger partial charge in [0, 0.05) is 6.92 Å². The van der Waals surface area contributed by atoms with Crippen molar-refractivity contribution < 1.29 is 9.53 Å². The average molecular weight is 212 g/mol. The predicted molar refractivity (Wildman–Crippen MR) is 63.7 cm³/mol. The van der Waals surface area contributed by atoms with Gasteiger partial charge < -0.3 is 4.74 Å². The molecule has 0 aromatic carbocycles. The van der Waals surface area contributed by atoms with Gasteiger partial charge in [0.25, 0.3) is 0 Å². The van der Waals surface area contributed by atoms with Gasteiger partial charge in [-0.3, -0.25) is 4.79 Å². The zero-order valence-corrected chi connectivity index (χ0v) is 10.3. The van der Waals surface area contributed by atoms with Crippen LogP contribution in [0.4, 0.5) is 0 Å². The fraction of sp³-hybridized carbons (Fsp3) is 0.769. The summed E-state index contributed by atoms with van der Waals surface area (Å²) in [5, 5.41) is 0. The first kappa shape index (κ1) is 14.2. The summed E-state index contributed by atoms with van der Waals surface area (Å²) < 4.78 is 4.88. The van der Waals surface area contributed by atoms with Gasteiger partial charge in [0.15, 0.2) is 0 Å². The maximum Gasteiger partial charge on any atom is 0.302 e. The van der Waals surface area contributed by atoms with Crippen LogP contribution in [0.25, 0.3) is 0 Å². The molecule has 0 saturated heterocycles. The molecule has 2 nitrogen and oxygen atoms in total. The molecule has 0 spiro atoms. The minimum Gasteiger partial charge on any atom is -0.466 e. The van der Waals surface area contributed by atoms with E-state index in [0.717, 1.165) is 6.42 Å². The molecule has 0 saturated carbocycles. The Hall–Kier alpha value is -0.790. The van der Waals surface area contributed by atoms with Gasteiger partial charge in [0.1, 0.15) is 0 Å². The quantitative estimate of drug-likeness (QED) is 0.348. The number of esters is 1. The first-order valence-corrected chi connectivity index (χ1v) is 5.96. The first-order valence-electron chi connectivity index (χ1n) is 5.96. The third-order valence-electron chi connectivity index (χ3n) is 2.32. The van der Waals surface area contributed by atoms with Gasteiger partial charge >= 0.3 is 5.97 Å². The van der Waals surface area contributed by atoms with E-state index in [2.05, 4.69) is 26.0 Å². The molecule has 2 heteroatoms. The van der Waals surface area contributed by atoms with E-state index in [1.54, 1.807) is 0 Å². The molecule has 0 aliphatic rings. The second kappa shape index (κ2) is 9.75. The number of hydrogen-bond acceptors (Lipinski definition) is 2. The summed E-state index contributed by atoms with van der Waals surface area (Å²) in [6.07, 6.45) is 10.4. The number of carbonyl (C=O) groups excluding carboxylic acids is 1. The summed E-state index contributed by atoms with van der Waals surface area (Å²) in [5.41, 5.74) is 0. The minimum absolute atomic E-state index is 0.186. The molecule has 1 unspecified atom stereocenters. The highest BCUT2D eigenvalue weighted by atomic mass is 16.5. The number of hydrogen-bond donors (Lipinski definition) is 0. The van der Waals surface area contributed by atoms with Crippen molar-refractivity contribution in [1.82, 2.24) is 0 Å². The van der Waals surface area contributed by atoms with Gasteiger partial charge in [-0.2, -0.15) is 0 Å². The Balaban J connectivity index is 3.38. The van der Waals surface area contributed by atoms with Crippen LogP contribution in [-0.2, 0) is 9.53 Å². The summed E-state index contributed by atoms with van der Waals surface area (Å²) in [5.74, 6) is 0.320. The molecular weight excluding hydrogens is 188 g/mol. The molecule has 0 N–H and O–H groups in total. The number of rotatable bonds is 8. The Morgan fingerprint density at radius 3 is 2.73 bits per heavy atom. The van der Waals surface area contributed by atoms with E-state index in [1.807, 2.05) is 0 Å². The molecule has 0 fully saturated rings. The lowest BCUT2D eigenvalue weighted by molar-refractivity contribution is -0.141. The monoisotopic (exact) mass is 212 g/mol. The van der Waals surface area contributed by atoms with Crippen LogP contribution < -0.4 is 0 Å². The van der Waals surface area contributed by atoms with Gasteiger partial charge in [-0.1, -0.05) is 38.8 Å². The van der Waals surface area contributed by atoms with Crippen LogP contribution in [0, 0.1) is 5.92 Å². The van der Waals surface area contributed by atoms with Crippen molar-refractivity contribution in [3.63, 3.8) is 0 Å². The molecular formula is C13H24O2. The molecule has 0 amide bonds. The fourth-order valence-corrected chi connectivity index (χ4v) is 1.33. The molecule has 0 bridgehead atoms. The second-order valence-electron chi connectivity index (χ2n) is 4.03. The average Bonchev–Trinajstić information content (AvgIpc) is 2.17. The summed E-state index contributed by atoms with van der Waals surface area (Å²) in [6, 6.07) is 0. The molecule has 0 radical (unpaired) electrons.